The first kappa shape index (κ1) is 17.0. The lowest BCUT2D eigenvalue weighted by molar-refractivity contribution is -0.122. The third-order valence-electron chi connectivity index (χ3n) is 3.69. The maximum absolute atomic E-state index is 12.1. The Bertz CT molecular complexity index is 710. The van der Waals surface area contributed by atoms with Crippen LogP contribution >= 0.6 is 0 Å². The van der Waals surface area contributed by atoms with E-state index in [0.29, 0.717) is 12.0 Å². The van der Waals surface area contributed by atoms with E-state index in [4.69, 9.17) is 0 Å². The lowest BCUT2D eigenvalue weighted by atomic mass is 10.0. The molecule has 0 aliphatic rings. The van der Waals surface area contributed by atoms with Crippen molar-refractivity contribution < 1.29 is 9.90 Å². The second-order valence-corrected chi connectivity index (χ2v) is 5.75. The highest BCUT2D eigenvalue weighted by atomic mass is 16.3. The van der Waals surface area contributed by atoms with Gasteiger partial charge in [0, 0.05) is 17.8 Å². The number of amides is 1. The molecule has 23 heavy (non-hydrogen) atoms. The number of aromatic nitrogens is 1. The van der Waals surface area contributed by atoms with Crippen LogP contribution in [0.1, 0.15) is 30.6 Å². The molecule has 2 N–H and O–H groups in total. The molecule has 0 saturated carbocycles. The molecule has 2 aromatic rings. The fraction of sp³-hybridized carbons (Fsp3) is 0.333. The van der Waals surface area contributed by atoms with Gasteiger partial charge in [-0.3, -0.25) is 9.59 Å². The summed E-state index contributed by atoms with van der Waals surface area (Å²) in [7, 11) is 0. The zero-order chi connectivity index (χ0) is 16.8. The van der Waals surface area contributed by atoms with E-state index in [1.807, 2.05) is 37.3 Å². The van der Waals surface area contributed by atoms with Gasteiger partial charge in [0.2, 0.25) is 5.91 Å². The summed E-state index contributed by atoms with van der Waals surface area (Å²) in [5.41, 5.74) is 1.26. The van der Waals surface area contributed by atoms with Crippen molar-refractivity contribution in [3.05, 3.63) is 70.1 Å². The normalized spacial score (nSPS) is 13.3. The first-order valence-electron chi connectivity index (χ1n) is 7.66. The molecule has 1 amide bonds. The van der Waals surface area contributed by atoms with Crippen LogP contribution < -0.4 is 10.9 Å². The Morgan fingerprint density at radius 3 is 2.61 bits per heavy atom. The molecule has 0 saturated heterocycles. The molecule has 1 aromatic carbocycles. The molecule has 2 unspecified atom stereocenters. The predicted molar refractivity (Wildman–Crippen MR) is 89.1 cm³/mol. The Kier molecular flexibility index (Phi) is 5.71. The first-order valence-corrected chi connectivity index (χ1v) is 7.66. The second kappa shape index (κ2) is 7.74. The molecule has 2 rings (SSSR count). The van der Waals surface area contributed by atoms with Gasteiger partial charge in [-0.2, -0.15) is 0 Å². The van der Waals surface area contributed by atoms with Crippen molar-refractivity contribution in [2.24, 2.45) is 0 Å². The minimum atomic E-state index is -0.631. The van der Waals surface area contributed by atoms with Crippen molar-refractivity contribution in [3.63, 3.8) is 0 Å². The average molecular weight is 314 g/mol. The van der Waals surface area contributed by atoms with Crippen molar-refractivity contribution in [3.8, 4) is 0 Å². The van der Waals surface area contributed by atoms with Crippen molar-refractivity contribution in [1.82, 2.24) is 9.88 Å². The number of pyridine rings is 1. The van der Waals surface area contributed by atoms with Crippen LogP contribution in [0, 0.1) is 6.92 Å². The fourth-order valence-corrected chi connectivity index (χ4v) is 2.46. The molecule has 5 nitrogen and oxygen atoms in total. The van der Waals surface area contributed by atoms with Crippen molar-refractivity contribution in [2.45, 2.75) is 39.0 Å². The Labute approximate surface area is 135 Å². The monoisotopic (exact) mass is 314 g/mol. The maximum Gasteiger partial charge on any atom is 0.253 e. The summed E-state index contributed by atoms with van der Waals surface area (Å²) in [4.78, 5) is 23.9. The van der Waals surface area contributed by atoms with E-state index < -0.39 is 6.10 Å². The molecule has 0 spiro atoms. The first-order chi connectivity index (χ1) is 11.0. The third-order valence-corrected chi connectivity index (χ3v) is 3.69. The molecule has 5 heteroatoms. The number of aliphatic hydroxyl groups excluding tert-OH is 1. The number of benzene rings is 1. The lowest BCUT2D eigenvalue weighted by Crippen LogP contribution is -2.38. The maximum atomic E-state index is 12.1. The van der Waals surface area contributed by atoms with Crippen LogP contribution in [0.25, 0.3) is 0 Å². The Morgan fingerprint density at radius 1 is 1.22 bits per heavy atom. The SMILES string of the molecule is Cc1cccn(CC(=O)NC(C)CC(O)c2ccccc2)c1=O. The number of aliphatic hydroxyl groups is 1. The largest absolute Gasteiger partial charge is 0.388 e. The van der Waals surface area contributed by atoms with Crippen LogP contribution in [0.5, 0.6) is 0 Å². The van der Waals surface area contributed by atoms with E-state index in [2.05, 4.69) is 5.32 Å². The zero-order valence-corrected chi connectivity index (χ0v) is 13.4. The average Bonchev–Trinajstić information content (AvgIpc) is 2.52. The molecule has 122 valence electrons. The van der Waals surface area contributed by atoms with Gasteiger partial charge in [0.25, 0.3) is 5.56 Å². The number of hydrogen-bond donors (Lipinski definition) is 2. The number of carbonyl (C=O) groups excluding carboxylic acids is 1. The van der Waals surface area contributed by atoms with Crippen LogP contribution in [0.3, 0.4) is 0 Å². The van der Waals surface area contributed by atoms with E-state index >= 15 is 0 Å². The standard InChI is InChI=1S/C18H22N2O3/c1-13-7-6-10-20(18(13)23)12-17(22)19-14(2)11-16(21)15-8-4-3-5-9-15/h3-10,14,16,21H,11-12H2,1-2H3,(H,19,22). The summed E-state index contributed by atoms with van der Waals surface area (Å²) in [6.07, 6.45) is 1.38. The van der Waals surface area contributed by atoms with Crippen molar-refractivity contribution in [1.29, 1.82) is 0 Å². The number of aryl methyl sites for hydroxylation is 1. The van der Waals surface area contributed by atoms with Crippen LogP contribution in [0.4, 0.5) is 0 Å². The minimum absolute atomic E-state index is 0.0215. The fourth-order valence-electron chi connectivity index (χ4n) is 2.46. The van der Waals surface area contributed by atoms with E-state index in [1.54, 1.807) is 25.3 Å². The quantitative estimate of drug-likeness (QED) is 0.854. The molecule has 1 aromatic heterocycles. The van der Waals surface area contributed by atoms with Gasteiger partial charge < -0.3 is 15.0 Å². The Morgan fingerprint density at radius 2 is 1.91 bits per heavy atom. The van der Waals surface area contributed by atoms with Crippen LogP contribution in [0.2, 0.25) is 0 Å². The van der Waals surface area contributed by atoms with Gasteiger partial charge in [0.15, 0.2) is 0 Å². The molecule has 0 aliphatic heterocycles. The smallest absolute Gasteiger partial charge is 0.253 e. The van der Waals surface area contributed by atoms with E-state index in [0.717, 1.165) is 5.56 Å². The second-order valence-electron chi connectivity index (χ2n) is 5.75. The molecule has 1 heterocycles. The third kappa shape index (κ3) is 4.79. The number of nitrogens with zero attached hydrogens (tertiary/aromatic N) is 1. The van der Waals surface area contributed by atoms with E-state index in [9.17, 15) is 14.7 Å². The molecular weight excluding hydrogens is 292 g/mol. The Hall–Kier alpha value is -2.40. The number of nitrogens with one attached hydrogen (secondary N) is 1. The number of rotatable bonds is 6. The van der Waals surface area contributed by atoms with Gasteiger partial charge >= 0.3 is 0 Å². The highest BCUT2D eigenvalue weighted by Gasteiger charge is 2.14. The van der Waals surface area contributed by atoms with Crippen LogP contribution in [-0.2, 0) is 11.3 Å². The molecule has 2 atom stereocenters. The number of carbonyl (C=O) groups is 1. The van der Waals surface area contributed by atoms with Gasteiger partial charge in [0.1, 0.15) is 6.54 Å². The number of hydrogen-bond acceptors (Lipinski definition) is 3. The molecule has 0 radical (unpaired) electrons. The van der Waals surface area contributed by atoms with Gasteiger partial charge in [0.05, 0.1) is 6.10 Å². The summed E-state index contributed by atoms with van der Waals surface area (Å²) in [5.74, 6) is -0.245. The summed E-state index contributed by atoms with van der Waals surface area (Å²) < 4.78 is 1.38. The van der Waals surface area contributed by atoms with E-state index in [1.165, 1.54) is 4.57 Å². The van der Waals surface area contributed by atoms with Gasteiger partial charge in [-0.25, -0.2) is 0 Å². The molecular formula is C18H22N2O3. The van der Waals surface area contributed by atoms with Crippen molar-refractivity contribution in [2.75, 3.05) is 0 Å². The van der Waals surface area contributed by atoms with Crippen molar-refractivity contribution >= 4 is 5.91 Å². The molecule has 0 fully saturated rings. The van der Waals surface area contributed by atoms with Crippen LogP contribution in [-0.4, -0.2) is 21.6 Å². The molecule has 0 bridgehead atoms. The lowest BCUT2D eigenvalue weighted by Gasteiger charge is -2.18. The van der Waals surface area contributed by atoms with Gasteiger partial charge in [-0.1, -0.05) is 36.4 Å². The van der Waals surface area contributed by atoms with E-state index in [-0.39, 0.29) is 24.1 Å². The summed E-state index contributed by atoms with van der Waals surface area (Å²) in [5, 5.41) is 13.0. The Balaban J connectivity index is 1.90. The highest BCUT2D eigenvalue weighted by molar-refractivity contribution is 5.76. The topological polar surface area (TPSA) is 71.3 Å². The zero-order valence-electron chi connectivity index (χ0n) is 13.4. The highest BCUT2D eigenvalue weighted by Crippen LogP contribution is 2.17. The molecule has 0 aliphatic carbocycles. The van der Waals surface area contributed by atoms with Crippen LogP contribution in [0.15, 0.2) is 53.5 Å². The predicted octanol–water partition coefficient (Wildman–Crippen LogP) is 1.79. The summed E-state index contributed by atoms with van der Waals surface area (Å²) >= 11 is 0. The minimum Gasteiger partial charge on any atom is -0.388 e. The van der Waals surface area contributed by atoms with Gasteiger partial charge in [-0.15, -0.1) is 0 Å². The summed E-state index contributed by atoms with van der Waals surface area (Å²) in [6.45, 7) is 3.53. The van der Waals surface area contributed by atoms with Gasteiger partial charge in [-0.05, 0) is 31.9 Å². The summed E-state index contributed by atoms with van der Waals surface area (Å²) in [6, 6.07) is 12.6.